The first-order valence-electron chi connectivity index (χ1n) is 6.23. The molecule has 100 valence electrons. The number of nitrogens with zero attached hydrogens (tertiary/aromatic N) is 2. The van der Waals surface area contributed by atoms with E-state index in [2.05, 4.69) is 10.3 Å². The number of pyridine rings is 1. The number of rotatable bonds is 2. The smallest absolute Gasteiger partial charge is 0.255 e. The molecule has 1 amide bonds. The van der Waals surface area contributed by atoms with E-state index in [1.54, 1.807) is 36.9 Å². The van der Waals surface area contributed by atoms with Crippen molar-refractivity contribution in [2.24, 2.45) is 0 Å². The molecule has 0 aliphatic rings. The summed E-state index contributed by atoms with van der Waals surface area (Å²) in [5, 5.41) is 2.83. The van der Waals surface area contributed by atoms with Gasteiger partial charge in [-0.15, -0.1) is 0 Å². The lowest BCUT2D eigenvalue weighted by molar-refractivity contribution is 0.102. The molecule has 20 heavy (non-hydrogen) atoms. The van der Waals surface area contributed by atoms with Gasteiger partial charge in [0.15, 0.2) is 0 Å². The quantitative estimate of drug-likeness (QED) is 0.700. The molecule has 0 atom stereocenters. The Hall–Kier alpha value is -2.82. The van der Waals surface area contributed by atoms with Crippen LogP contribution in [-0.4, -0.2) is 15.3 Å². The highest BCUT2D eigenvalue weighted by atomic mass is 16.1. The van der Waals surface area contributed by atoms with Crippen molar-refractivity contribution in [3.05, 3.63) is 60.2 Å². The zero-order valence-corrected chi connectivity index (χ0v) is 11.0. The van der Waals surface area contributed by atoms with Crippen molar-refractivity contribution in [2.45, 2.75) is 6.92 Å². The van der Waals surface area contributed by atoms with E-state index in [1.807, 2.05) is 23.5 Å². The van der Waals surface area contributed by atoms with Gasteiger partial charge in [-0.25, -0.2) is 4.98 Å². The predicted molar refractivity (Wildman–Crippen MR) is 78.7 cm³/mol. The average Bonchev–Trinajstić information content (AvgIpc) is 2.90. The van der Waals surface area contributed by atoms with Crippen molar-refractivity contribution in [1.29, 1.82) is 0 Å². The van der Waals surface area contributed by atoms with Gasteiger partial charge in [-0.1, -0.05) is 6.07 Å². The number of nitrogens with two attached hydrogens (primary N) is 1. The highest BCUT2D eigenvalue weighted by Crippen LogP contribution is 2.20. The van der Waals surface area contributed by atoms with E-state index in [1.165, 1.54) is 0 Å². The molecule has 5 nitrogen and oxygen atoms in total. The molecule has 0 unspecified atom stereocenters. The lowest BCUT2D eigenvalue weighted by Crippen LogP contribution is -2.13. The summed E-state index contributed by atoms with van der Waals surface area (Å²) in [6, 6.07) is 9.07. The third-order valence-corrected chi connectivity index (χ3v) is 3.13. The summed E-state index contributed by atoms with van der Waals surface area (Å²) in [5.41, 5.74) is 9.52. The van der Waals surface area contributed by atoms with Crippen molar-refractivity contribution in [3.63, 3.8) is 0 Å². The van der Waals surface area contributed by atoms with Crippen LogP contribution in [0.2, 0.25) is 0 Å². The number of fused-ring (bicyclic) bond motifs is 1. The van der Waals surface area contributed by atoms with Gasteiger partial charge in [0.2, 0.25) is 0 Å². The van der Waals surface area contributed by atoms with Crippen LogP contribution >= 0.6 is 0 Å². The zero-order valence-electron chi connectivity index (χ0n) is 11.0. The van der Waals surface area contributed by atoms with Crippen molar-refractivity contribution in [2.75, 3.05) is 11.1 Å². The highest BCUT2D eigenvalue weighted by Gasteiger charge is 2.09. The summed E-state index contributed by atoms with van der Waals surface area (Å²) in [4.78, 5) is 16.3. The number of carbonyl (C=O) groups excluding carboxylic acids is 1. The first-order valence-corrected chi connectivity index (χ1v) is 6.23. The van der Waals surface area contributed by atoms with Crippen LogP contribution in [0.1, 0.15) is 15.9 Å². The monoisotopic (exact) mass is 266 g/mol. The van der Waals surface area contributed by atoms with E-state index in [0.29, 0.717) is 16.9 Å². The third kappa shape index (κ3) is 2.21. The maximum absolute atomic E-state index is 12.2. The van der Waals surface area contributed by atoms with Gasteiger partial charge in [0.1, 0.15) is 0 Å². The third-order valence-electron chi connectivity index (χ3n) is 3.13. The Morgan fingerprint density at radius 1 is 1.30 bits per heavy atom. The van der Waals surface area contributed by atoms with Gasteiger partial charge >= 0.3 is 0 Å². The lowest BCUT2D eigenvalue weighted by atomic mass is 10.1. The summed E-state index contributed by atoms with van der Waals surface area (Å²) < 4.78 is 1.85. The van der Waals surface area contributed by atoms with Crippen LogP contribution in [0.5, 0.6) is 0 Å². The SMILES string of the molecule is Cc1ccc(N)c(NC(=O)c2ccn3cncc3c2)c1. The van der Waals surface area contributed by atoms with Crippen molar-refractivity contribution < 1.29 is 4.79 Å². The minimum absolute atomic E-state index is 0.189. The van der Waals surface area contributed by atoms with Gasteiger partial charge in [-0.05, 0) is 36.8 Å². The number of nitrogen functional groups attached to an aromatic ring is 1. The van der Waals surface area contributed by atoms with Gasteiger partial charge in [-0.2, -0.15) is 0 Å². The standard InChI is InChI=1S/C15H14N4O/c1-10-2-3-13(16)14(6-10)18-15(20)11-4-5-19-9-17-8-12(19)7-11/h2-9H,16H2,1H3,(H,18,20). The van der Waals surface area contributed by atoms with Crippen LogP contribution in [0.4, 0.5) is 11.4 Å². The summed E-state index contributed by atoms with van der Waals surface area (Å²) in [6.07, 6.45) is 5.20. The number of aromatic nitrogens is 2. The second kappa shape index (κ2) is 4.70. The molecular weight excluding hydrogens is 252 g/mol. The van der Waals surface area contributed by atoms with E-state index < -0.39 is 0 Å². The number of carbonyl (C=O) groups is 1. The number of hydrogen-bond acceptors (Lipinski definition) is 3. The molecule has 3 rings (SSSR count). The van der Waals surface area contributed by atoms with E-state index >= 15 is 0 Å². The van der Waals surface area contributed by atoms with Crippen LogP contribution in [0.25, 0.3) is 5.52 Å². The topological polar surface area (TPSA) is 72.4 Å². The molecule has 0 fully saturated rings. The summed E-state index contributed by atoms with van der Waals surface area (Å²) in [6.45, 7) is 1.95. The summed E-state index contributed by atoms with van der Waals surface area (Å²) in [5.74, 6) is -0.189. The molecule has 0 aliphatic heterocycles. The van der Waals surface area contributed by atoms with Gasteiger partial charge < -0.3 is 15.5 Å². The number of nitrogens with one attached hydrogen (secondary N) is 1. The second-order valence-electron chi connectivity index (χ2n) is 4.69. The fraction of sp³-hybridized carbons (Fsp3) is 0.0667. The number of anilines is 2. The van der Waals surface area contributed by atoms with Gasteiger partial charge in [-0.3, -0.25) is 4.79 Å². The molecule has 1 aromatic carbocycles. The fourth-order valence-corrected chi connectivity index (χ4v) is 2.03. The van der Waals surface area contributed by atoms with E-state index in [0.717, 1.165) is 11.1 Å². The normalized spacial score (nSPS) is 10.7. The fourth-order valence-electron chi connectivity index (χ4n) is 2.03. The molecule has 0 spiro atoms. The number of imidazole rings is 1. The van der Waals surface area contributed by atoms with Crippen LogP contribution in [0.3, 0.4) is 0 Å². The molecule has 3 aromatic rings. The molecule has 0 aliphatic carbocycles. The number of amides is 1. The Morgan fingerprint density at radius 3 is 3.00 bits per heavy atom. The molecule has 0 bridgehead atoms. The van der Waals surface area contributed by atoms with Crippen molar-refractivity contribution >= 4 is 22.8 Å². The molecule has 2 heterocycles. The van der Waals surface area contributed by atoms with Crippen LogP contribution < -0.4 is 11.1 Å². The van der Waals surface area contributed by atoms with Crippen molar-refractivity contribution in [3.8, 4) is 0 Å². The first-order chi connectivity index (χ1) is 9.63. The van der Waals surface area contributed by atoms with Crippen LogP contribution in [-0.2, 0) is 0 Å². The van der Waals surface area contributed by atoms with Crippen LogP contribution in [0.15, 0.2) is 49.1 Å². The van der Waals surface area contributed by atoms with Crippen molar-refractivity contribution in [1.82, 2.24) is 9.38 Å². The Labute approximate surface area is 116 Å². The maximum atomic E-state index is 12.2. The van der Waals surface area contributed by atoms with E-state index in [9.17, 15) is 4.79 Å². The van der Waals surface area contributed by atoms with Gasteiger partial charge in [0, 0.05) is 11.8 Å². The minimum atomic E-state index is -0.189. The molecule has 0 saturated carbocycles. The number of hydrogen-bond donors (Lipinski definition) is 2. The average molecular weight is 266 g/mol. The maximum Gasteiger partial charge on any atom is 0.255 e. The van der Waals surface area contributed by atoms with E-state index in [-0.39, 0.29) is 5.91 Å². The van der Waals surface area contributed by atoms with Gasteiger partial charge in [0.05, 0.1) is 29.4 Å². The minimum Gasteiger partial charge on any atom is -0.397 e. The predicted octanol–water partition coefficient (Wildman–Crippen LogP) is 2.48. The highest BCUT2D eigenvalue weighted by molar-refractivity contribution is 6.06. The second-order valence-corrected chi connectivity index (χ2v) is 4.69. The summed E-state index contributed by atoms with van der Waals surface area (Å²) >= 11 is 0. The molecule has 0 radical (unpaired) electrons. The molecular formula is C15H14N4O. The van der Waals surface area contributed by atoms with E-state index in [4.69, 9.17) is 5.73 Å². The largest absolute Gasteiger partial charge is 0.397 e. The summed E-state index contributed by atoms with van der Waals surface area (Å²) in [7, 11) is 0. The Bertz CT molecular complexity index is 791. The Balaban J connectivity index is 1.90. The zero-order chi connectivity index (χ0) is 14.1. The van der Waals surface area contributed by atoms with Crippen LogP contribution in [0, 0.1) is 6.92 Å². The first kappa shape index (κ1) is 12.2. The van der Waals surface area contributed by atoms with Gasteiger partial charge in [0.25, 0.3) is 5.91 Å². The number of aryl methyl sites for hydroxylation is 1. The molecule has 0 saturated heterocycles. The lowest BCUT2D eigenvalue weighted by Gasteiger charge is -2.09. The Kier molecular flexibility index (Phi) is 2.87. The molecule has 3 N–H and O–H groups in total. The number of benzene rings is 1. The Morgan fingerprint density at radius 2 is 2.15 bits per heavy atom. The molecule has 2 aromatic heterocycles. The molecule has 5 heteroatoms.